The van der Waals surface area contributed by atoms with Gasteiger partial charge >= 0.3 is 5.97 Å². The molecule has 3 aliphatic rings. The summed E-state index contributed by atoms with van der Waals surface area (Å²) in [6, 6.07) is 12.8. The molecule has 0 radical (unpaired) electrons. The number of hydrogen-bond acceptors (Lipinski definition) is 5. The molecule has 3 fully saturated rings. The molecule has 0 bridgehead atoms. The Morgan fingerprint density at radius 2 is 1.78 bits per heavy atom. The van der Waals surface area contributed by atoms with E-state index in [9.17, 15) is 23.6 Å². The molecule has 0 unspecified atom stereocenters. The van der Waals surface area contributed by atoms with E-state index >= 15 is 0 Å². The summed E-state index contributed by atoms with van der Waals surface area (Å²) in [7, 11) is 0. The predicted molar refractivity (Wildman–Crippen MR) is 149 cm³/mol. The third-order valence-electron chi connectivity index (χ3n) is 7.64. The van der Waals surface area contributed by atoms with Gasteiger partial charge in [0.25, 0.3) is 5.91 Å². The quantitative estimate of drug-likeness (QED) is 0.364. The molecule has 0 aromatic heterocycles. The zero-order chi connectivity index (χ0) is 28.9. The number of hydrogen-bond donors (Lipinski definition) is 4. The van der Waals surface area contributed by atoms with Crippen LogP contribution in [0.4, 0.5) is 4.39 Å². The Kier molecular flexibility index (Phi) is 8.64. The molecule has 214 valence electrons. The maximum Gasteiger partial charge on any atom is 0.307 e. The van der Waals surface area contributed by atoms with Gasteiger partial charge in [0.05, 0.1) is 18.5 Å². The largest absolute Gasteiger partial charge is 0.481 e. The van der Waals surface area contributed by atoms with Gasteiger partial charge in [-0.3, -0.25) is 19.2 Å². The van der Waals surface area contributed by atoms with Crippen LogP contribution in [-0.2, 0) is 20.8 Å². The number of alkyl halides is 1. The second kappa shape index (κ2) is 12.5. The lowest BCUT2D eigenvalue weighted by atomic mass is 10.1. The Bertz CT molecular complexity index is 1380. The summed E-state index contributed by atoms with van der Waals surface area (Å²) < 4.78 is 13.5. The minimum Gasteiger partial charge on any atom is -0.481 e. The highest BCUT2D eigenvalue weighted by molar-refractivity contribution is 5.94. The lowest BCUT2D eigenvalue weighted by molar-refractivity contribution is -0.136. The number of nitrogens with one attached hydrogen (secondary N) is 3. The fraction of sp³-hybridized carbons (Fsp3) is 0.419. The van der Waals surface area contributed by atoms with Crippen molar-refractivity contribution in [3.63, 3.8) is 0 Å². The molecular formula is C31H33FN4O5. The van der Waals surface area contributed by atoms with Crippen LogP contribution in [0.3, 0.4) is 0 Å². The van der Waals surface area contributed by atoms with Gasteiger partial charge in [0.1, 0.15) is 6.17 Å². The van der Waals surface area contributed by atoms with Gasteiger partial charge < -0.3 is 26.0 Å². The van der Waals surface area contributed by atoms with Crippen molar-refractivity contribution >= 4 is 23.7 Å². The molecule has 10 heteroatoms. The number of amides is 3. The van der Waals surface area contributed by atoms with Gasteiger partial charge in [-0.2, -0.15) is 0 Å². The van der Waals surface area contributed by atoms with Crippen molar-refractivity contribution < 1.29 is 28.7 Å². The van der Waals surface area contributed by atoms with Crippen molar-refractivity contribution in [3.8, 4) is 11.8 Å². The highest BCUT2D eigenvalue weighted by Gasteiger charge is 2.42. The summed E-state index contributed by atoms with van der Waals surface area (Å²) in [5, 5.41) is 17.7. The first kappa shape index (κ1) is 28.3. The first-order valence-electron chi connectivity index (χ1n) is 13.9. The van der Waals surface area contributed by atoms with E-state index in [1.165, 1.54) is 0 Å². The van der Waals surface area contributed by atoms with Gasteiger partial charge in [-0.25, -0.2) is 4.39 Å². The summed E-state index contributed by atoms with van der Waals surface area (Å²) in [4.78, 5) is 51.1. The SMILES string of the molecule is O=C(O)Cc1cccc(C#Cc2ccc(C(=O)NC[C@H]3C[C@@H](NC(=O)[C@@H]4C[C@H](F)CN4)CN3C(=O)C3CC3)cc2)c1. The molecule has 0 spiro atoms. The molecule has 9 nitrogen and oxygen atoms in total. The highest BCUT2D eigenvalue weighted by atomic mass is 19.1. The second-order valence-corrected chi connectivity index (χ2v) is 11.0. The standard InChI is InChI=1S/C31H33FN4O5/c32-24-14-27(33-16-24)30(40)35-25-15-26(36(18-25)31(41)23-10-11-23)17-34-29(39)22-8-6-19(7-9-22)4-5-20-2-1-3-21(12-20)13-28(37)38/h1-3,6-9,12,23-27,33H,10-11,13-18H2,(H,34,39)(H,35,40)(H,37,38)/t24-,25+,26+,27-/m0/s1. The van der Waals surface area contributed by atoms with Gasteiger partial charge in [0.15, 0.2) is 0 Å². The zero-order valence-electron chi connectivity index (χ0n) is 22.6. The molecule has 5 rings (SSSR count). The molecule has 2 saturated heterocycles. The fourth-order valence-electron chi connectivity index (χ4n) is 5.34. The van der Waals surface area contributed by atoms with Crippen LogP contribution in [0.25, 0.3) is 0 Å². The maximum absolute atomic E-state index is 13.5. The number of rotatable bonds is 8. The van der Waals surface area contributed by atoms with Crippen LogP contribution in [-0.4, -0.2) is 77.6 Å². The molecule has 1 aliphatic carbocycles. The monoisotopic (exact) mass is 560 g/mol. The molecule has 3 amide bonds. The summed E-state index contributed by atoms with van der Waals surface area (Å²) in [5.74, 6) is 4.68. The van der Waals surface area contributed by atoms with Crippen molar-refractivity contribution in [1.29, 1.82) is 0 Å². The number of likely N-dealkylation sites (tertiary alicyclic amines) is 1. The smallest absolute Gasteiger partial charge is 0.307 e. The number of carbonyl (C=O) groups is 4. The minimum atomic E-state index is -1.03. The molecule has 41 heavy (non-hydrogen) atoms. The Morgan fingerprint density at radius 3 is 2.46 bits per heavy atom. The Morgan fingerprint density at radius 1 is 1.02 bits per heavy atom. The third-order valence-corrected chi connectivity index (χ3v) is 7.64. The number of halogens is 1. The van der Waals surface area contributed by atoms with Gasteiger partial charge in [0, 0.05) is 54.7 Å². The van der Waals surface area contributed by atoms with E-state index in [1.54, 1.807) is 53.4 Å². The maximum atomic E-state index is 13.5. The van der Waals surface area contributed by atoms with E-state index in [4.69, 9.17) is 5.11 Å². The average Bonchev–Trinajstić information content (AvgIpc) is 3.59. The molecule has 4 N–H and O–H groups in total. The van der Waals surface area contributed by atoms with Crippen LogP contribution in [0, 0.1) is 17.8 Å². The zero-order valence-corrected chi connectivity index (χ0v) is 22.6. The Balaban J connectivity index is 1.16. The van der Waals surface area contributed by atoms with E-state index in [2.05, 4.69) is 27.8 Å². The highest BCUT2D eigenvalue weighted by Crippen LogP contribution is 2.33. The number of nitrogens with zero attached hydrogens (tertiary/aromatic N) is 1. The fourth-order valence-corrected chi connectivity index (χ4v) is 5.34. The molecular weight excluding hydrogens is 527 g/mol. The molecule has 4 atom stereocenters. The molecule has 2 aromatic rings. The molecule has 2 aliphatic heterocycles. The Labute approximate surface area is 237 Å². The van der Waals surface area contributed by atoms with E-state index < -0.39 is 18.2 Å². The van der Waals surface area contributed by atoms with Crippen LogP contribution < -0.4 is 16.0 Å². The van der Waals surface area contributed by atoms with Crippen molar-refractivity contribution in [1.82, 2.24) is 20.9 Å². The molecule has 2 aromatic carbocycles. The van der Waals surface area contributed by atoms with Crippen molar-refractivity contribution in [2.24, 2.45) is 5.92 Å². The molecule has 2 heterocycles. The minimum absolute atomic E-state index is 0.0137. The van der Waals surface area contributed by atoms with Gasteiger partial charge in [-0.1, -0.05) is 24.0 Å². The van der Waals surface area contributed by atoms with E-state index in [-0.39, 0.29) is 61.7 Å². The van der Waals surface area contributed by atoms with Crippen LogP contribution in [0.1, 0.15) is 52.7 Å². The third kappa shape index (κ3) is 7.50. The average molecular weight is 561 g/mol. The number of carbonyl (C=O) groups excluding carboxylic acids is 3. The number of benzene rings is 2. The number of aliphatic carboxylic acids is 1. The number of carboxylic acid groups (broad SMARTS) is 1. The molecule has 1 saturated carbocycles. The first-order valence-corrected chi connectivity index (χ1v) is 13.9. The van der Waals surface area contributed by atoms with E-state index in [0.717, 1.165) is 12.8 Å². The van der Waals surface area contributed by atoms with E-state index in [0.29, 0.717) is 35.2 Å². The van der Waals surface area contributed by atoms with Crippen LogP contribution in [0.5, 0.6) is 0 Å². The van der Waals surface area contributed by atoms with Gasteiger partial charge in [0.2, 0.25) is 11.8 Å². The van der Waals surface area contributed by atoms with Gasteiger partial charge in [-0.15, -0.1) is 0 Å². The van der Waals surface area contributed by atoms with E-state index in [1.807, 2.05) is 0 Å². The number of carboxylic acids is 1. The topological polar surface area (TPSA) is 128 Å². The predicted octanol–water partition coefficient (Wildman–Crippen LogP) is 1.64. The van der Waals surface area contributed by atoms with Gasteiger partial charge in [-0.05, 0) is 61.2 Å². The van der Waals surface area contributed by atoms with Crippen LogP contribution in [0.2, 0.25) is 0 Å². The summed E-state index contributed by atoms with van der Waals surface area (Å²) in [6.45, 7) is 0.797. The second-order valence-electron chi connectivity index (χ2n) is 11.0. The van der Waals surface area contributed by atoms with Crippen molar-refractivity contribution in [2.75, 3.05) is 19.6 Å². The summed E-state index contributed by atoms with van der Waals surface area (Å²) in [5.41, 5.74) is 2.53. The summed E-state index contributed by atoms with van der Waals surface area (Å²) >= 11 is 0. The van der Waals surface area contributed by atoms with Crippen LogP contribution >= 0.6 is 0 Å². The van der Waals surface area contributed by atoms with Crippen LogP contribution in [0.15, 0.2) is 48.5 Å². The Hall–Kier alpha value is -4.23. The first-order chi connectivity index (χ1) is 19.7. The lowest BCUT2D eigenvalue weighted by Crippen LogP contribution is -2.46. The van der Waals surface area contributed by atoms with Crippen molar-refractivity contribution in [2.45, 2.75) is 56.4 Å². The van der Waals surface area contributed by atoms with Crippen molar-refractivity contribution in [3.05, 3.63) is 70.8 Å². The summed E-state index contributed by atoms with van der Waals surface area (Å²) in [6.07, 6.45) is 1.28. The normalized spacial score (nSPS) is 23.4. The lowest BCUT2D eigenvalue weighted by Gasteiger charge is -2.25.